The maximum absolute atomic E-state index is 12.6. The number of benzene rings is 1. The van der Waals surface area contributed by atoms with E-state index < -0.39 is 10.0 Å². The molecule has 0 aliphatic heterocycles. The molecule has 10 heteroatoms. The van der Waals surface area contributed by atoms with Gasteiger partial charge in [0, 0.05) is 24.6 Å². The summed E-state index contributed by atoms with van der Waals surface area (Å²) in [4.78, 5) is 7.96. The number of fused-ring (bicyclic) bond motifs is 1. The number of para-hydroxylation sites is 1. The molecule has 3 aromatic rings. The molecule has 0 radical (unpaired) electrons. The first-order chi connectivity index (χ1) is 11.4. The summed E-state index contributed by atoms with van der Waals surface area (Å²) in [6, 6.07) is 6.72. The third kappa shape index (κ3) is 3.05. The van der Waals surface area contributed by atoms with E-state index in [9.17, 15) is 8.42 Å². The van der Waals surface area contributed by atoms with Gasteiger partial charge in [0.25, 0.3) is 21.0 Å². The lowest BCUT2D eigenvalue weighted by atomic mass is 10.2. The van der Waals surface area contributed by atoms with Gasteiger partial charge in [0.1, 0.15) is 0 Å². The zero-order valence-corrected chi connectivity index (χ0v) is 14.5. The van der Waals surface area contributed by atoms with Gasteiger partial charge in [-0.3, -0.25) is 4.72 Å². The van der Waals surface area contributed by atoms with E-state index in [0.29, 0.717) is 11.3 Å². The van der Waals surface area contributed by atoms with Crippen molar-refractivity contribution in [1.29, 1.82) is 0 Å². The van der Waals surface area contributed by atoms with Crippen molar-refractivity contribution in [2.45, 2.75) is 18.7 Å². The van der Waals surface area contributed by atoms with E-state index in [-0.39, 0.29) is 28.3 Å². The van der Waals surface area contributed by atoms with Crippen LogP contribution in [0.25, 0.3) is 5.78 Å². The standard InChI is InChI=1S/C14H14ClN5O3S/c1-9-6-7-16-13-17-14(18-20(9)13)24(21,22)19-12-10(8-23-2)4-3-5-11(12)15/h3-7,19H,8H2,1-2H3. The molecule has 0 aliphatic carbocycles. The number of halogens is 1. The maximum Gasteiger partial charge on any atom is 0.299 e. The highest BCUT2D eigenvalue weighted by Gasteiger charge is 2.23. The average molecular weight is 368 g/mol. The molecule has 0 saturated carbocycles. The molecule has 0 atom stereocenters. The monoisotopic (exact) mass is 367 g/mol. The summed E-state index contributed by atoms with van der Waals surface area (Å²) in [5.41, 5.74) is 1.56. The number of aromatic nitrogens is 4. The van der Waals surface area contributed by atoms with Crippen LogP contribution in [0.2, 0.25) is 5.02 Å². The number of aryl methyl sites for hydroxylation is 1. The highest BCUT2D eigenvalue weighted by Crippen LogP contribution is 2.28. The van der Waals surface area contributed by atoms with E-state index in [4.69, 9.17) is 16.3 Å². The lowest BCUT2D eigenvalue weighted by molar-refractivity contribution is 0.185. The molecule has 126 valence electrons. The fraction of sp³-hybridized carbons (Fsp3) is 0.214. The van der Waals surface area contributed by atoms with E-state index in [2.05, 4.69) is 19.8 Å². The smallest absolute Gasteiger partial charge is 0.299 e. The number of rotatable bonds is 5. The second-order valence-corrected chi connectivity index (χ2v) is 6.99. The maximum atomic E-state index is 12.6. The Balaban J connectivity index is 2.04. The molecule has 0 aliphatic rings. The van der Waals surface area contributed by atoms with Gasteiger partial charge in [0.05, 0.1) is 17.3 Å². The normalized spacial score (nSPS) is 11.8. The largest absolute Gasteiger partial charge is 0.380 e. The number of nitrogens with one attached hydrogen (secondary N) is 1. The summed E-state index contributed by atoms with van der Waals surface area (Å²) in [6.07, 6.45) is 1.54. The number of hydrogen-bond acceptors (Lipinski definition) is 6. The second-order valence-electron chi connectivity index (χ2n) is 5.00. The van der Waals surface area contributed by atoms with Crippen LogP contribution in [-0.4, -0.2) is 35.1 Å². The van der Waals surface area contributed by atoms with Crippen molar-refractivity contribution in [2.75, 3.05) is 11.8 Å². The molecule has 2 heterocycles. The summed E-state index contributed by atoms with van der Waals surface area (Å²) in [6.45, 7) is 1.98. The predicted molar refractivity (Wildman–Crippen MR) is 88.5 cm³/mol. The first-order valence-electron chi connectivity index (χ1n) is 6.90. The highest BCUT2D eigenvalue weighted by molar-refractivity contribution is 7.92. The lowest BCUT2D eigenvalue weighted by Crippen LogP contribution is -2.16. The van der Waals surface area contributed by atoms with E-state index >= 15 is 0 Å². The van der Waals surface area contributed by atoms with Crippen LogP contribution in [0, 0.1) is 6.92 Å². The van der Waals surface area contributed by atoms with Crippen LogP contribution in [0.4, 0.5) is 5.69 Å². The molecule has 0 unspecified atom stereocenters. The molecule has 2 aromatic heterocycles. The average Bonchev–Trinajstić information content (AvgIpc) is 2.98. The number of nitrogens with zero attached hydrogens (tertiary/aromatic N) is 4. The number of anilines is 1. The van der Waals surface area contributed by atoms with Gasteiger partial charge in [-0.15, -0.1) is 5.10 Å². The van der Waals surface area contributed by atoms with Gasteiger partial charge in [-0.2, -0.15) is 13.4 Å². The number of ether oxygens (including phenoxy) is 1. The summed E-state index contributed by atoms with van der Waals surface area (Å²) < 4.78 is 34.1. The van der Waals surface area contributed by atoms with Crippen molar-refractivity contribution in [3.05, 3.63) is 46.7 Å². The number of hydrogen-bond donors (Lipinski definition) is 1. The Morgan fingerprint density at radius 1 is 1.33 bits per heavy atom. The van der Waals surface area contributed by atoms with Crippen molar-refractivity contribution in [3.8, 4) is 0 Å². The van der Waals surface area contributed by atoms with Crippen molar-refractivity contribution in [1.82, 2.24) is 19.6 Å². The van der Waals surface area contributed by atoms with Crippen LogP contribution in [-0.2, 0) is 21.4 Å². The molecule has 1 N–H and O–H groups in total. The summed E-state index contributed by atoms with van der Waals surface area (Å²) >= 11 is 6.12. The fourth-order valence-corrected chi connectivity index (χ4v) is 3.43. The minimum absolute atomic E-state index is 0.201. The molecular formula is C14H14ClN5O3S. The van der Waals surface area contributed by atoms with Gasteiger partial charge in [0.2, 0.25) is 0 Å². The van der Waals surface area contributed by atoms with Gasteiger partial charge < -0.3 is 4.74 Å². The van der Waals surface area contributed by atoms with Crippen LogP contribution in [0.5, 0.6) is 0 Å². The number of sulfonamides is 1. The molecule has 0 spiro atoms. The second kappa shape index (κ2) is 6.34. The molecule has 8 nitrogen and oxygen atoms in total. The van der Waals surface area contributed by atoms with Crippen LogP contribution >= 0.6 is 11.6 Å². The summed E-state index contributed by atoms with van der Waals surface area (Å²) in [5.74, 6) is 0.201. The summed E-state index contributed by atoms with van der Waals surface area (Å²) in [7, 11) is -2.52. The van der Waals surface area contributed by atoms with Gasteiger partial charge in [-0.1, -0.05) is 23.7 Å². The molecule has 1 aromatic carbocycles. The minimum atomic E-state index is -4.03. The molecule has 0 amide bonds. The first-order valence-corrected chi connectivity index (χ1v) is 8.76. The Morgan fingerprint density at radius 2 is 2.12 bits per heavy atom. The van der Waals surface area contributed by atoms with Crippen molar-refractivity contribution < 1.29 is 13.2 Å². The van der Waals surface area contributed by atoms with E-state index in [1.165, 1.54) is 17.8 Å². The Bertz CT molecular complexity index is 1000. The van der Waals surface area contributed by atoms with Crippen LogP contribution in [0.1, 0.15) is 11.3 Å². The minimum Gasteiger partial charge on any atom is -0.380 e. The Morgan fingerprint density at radius 3 is 2.83 bits per heavy atom. The molecule has 0 saturated heterocycles. The van der Waals surface area contributed by atoms with Crippen LogP contribution < -0.4 is 4.72 Å². The van der Waals surface area contributed by atoms with Crippen LogP contribution in [0.3, 0.4) is 0 Å². The Labute approximate surface area is 143 Å². The third-order valence-corrected chi connectivity index (χ3v) is 4.73. The predicted octanol–water partition coefficient (Wildman–Crippen LogP) is 2.03. The van der Waals surface area contributed by atoms with Gasteiger partial charge in [-0.05, 0) is 19.1 Å². The van der Waals surface area contributed by atoms with Crippen molar-refractivity contribution in [3.63, 3.8) is 0 Å². The summed E-state index contributed by atoms with van der Waals surface area (Å²) in [5, 5.41) is 3.88. The SMILES string of the molecule is COCc1cccc(Cl)c1NS(=O)(=O)c1nc2nccc(C)n2n1. The van der Waals surface area contributed by atoms with Crippen molar-refractivity contribution in [2.24, 2.45) is 0 Å². The zero-order valence-electron chi connectivity index (χ0n) is 12.9. The zero-order chi connectivity index (χ0) is 17.3. The molecular weight excluding hydrogens is 354 g/mol. The highest BCUT2D eigenvalue weighted by atomic mass is 35.5. The van der Waals surface area contributed by atoms with Crippen molar-refractivity contribution >= 4 is 33.1 Å². The third-order valence-electron chi connectivity index (χ3n) is 3.29. The molecule has 24 heavy (non-hydrogen) atoms. The molecule has 0 fully saturated rings. The lowest BCUT2D eigenvalue weighted by Gasteiger charge is -2.12. The quantitative estimate of drug-likeness (QED) is 0.740. The Kier molecular flexibility index (Phi) is 4.39. The fourth-order valence-electron chi connectivity index (χ4n) is 2.14. The van der Waals surface area contributed by atoms with E-state index in [1.807, 2.05) is 0 Å². The Hall–Kier alpha value is -2.23. The first kappa shape index (κ1) is 16.6. The van der Waals surface area contributed by atoms with E-state index in [0.717, 1.165) is 0 Å². The van der Waals surface area contributed by atoms with Gasteiger partial charge >= 0.3 is 0 Å². The number of methoxy groups -OCH3 is 1. The van der Waals surface area contributed by atoms with Gasteiger partial charge in [-0.25, -0.2) is 9.50 Å². The molecule has 0 bridgehead atoms. The van der Waals surface area contributed by atoms with Crippen LogP contribution in [0.15, 0.2) is 35.6 Å². The van der Waals surface area contributed by atoms with E-state index in [1.54, 1.807) is 31.2 Å². The topological polar surface area (TPSA) is 98.5 Å². The molecule has 3 rings (SSSR count). The van der Waals surface area contributed by atoms with Gasteiger partial charge in [0.15, 0.2) is 0 Å².